The van der Waals surface area contributed by atoms with E-state index in [-0.39, 0.29) is 17.8 Å². The molecule has 0 amide bonds. The Morgan fingerprint density at radius 1 is 0.909 bits per heavy atom. The summed E-state index contributed by atoms with van der Waals surface area (Å²) in [7, 11) is 0. The van der Waals surface area contributed by atoms with Crippen LogP contribution < -0.4 is 4.57 Å². The maximum atomic E-state index is 12.8. The van der Waals surface area contributed by atoms with Crippen LogP contribution in [0.1, 0.15) is 31.0 Å². The molecule has 0 saturated carbocycles. The molecule has 0 aliphatic carbocycles. The largest absolute Gasteiger partial charge is 0.416 e. The minimum atomic E-state index is -4.85. The van der Waals surface area contributed by atoms with Crippen LogP contribution in [0.3, 0.4) is 0 Å². The summed E-state index contributed by atoms with van der Waals surface area (Å²) in [5, 5.41) is 0. The topological polar surface area (TPSA) is 8.81 Å². The molecule has 1 heterocycles. The van der Waals surface area contributed by atoms with Crippen molar-refractivity contribution in [2.75, 3.05) is 0 Å². The molecule has 8 heteroatoms. The minimum Gasteiger partial charge on any atom is -0.234 e. The van der Waals surface area contributed by atoms with Gasteiger partial charge in [-0.3, -0.25) is 0 Å². The number of hydrogen-bond donors (Lipinski definition) is 0. The first-order chi connectivity index (χ1) is 9.98. The maximum absolute atomic E-state index is 12.8. The molecule has 0 radical (unpaired) electrons. The van der Waals surface area contributed by atoms with Crippen molar-refractivity contribution in [3.8, 4) is 5.69 Å². The van der Waals surface area contributed by atoms with Gasteiger partial charge in [-0.1, -0.05) is 0 Å². The highest BCUT2D eigenvalue weighted by Gasteiger charge is 2.37. The van der Waals surface area contributed by atoms with Crippen molar-refractivity contribution in [3.63, 3.8) is 0 Å². The average Bonchev–Trinajstić information content (AvgIpc) is 2.85. The molecule has 22 heavy (non-hydrogen) atoms. The lowest BCUT2D eigenvalue weighted by Crippen LogP contribution is -2.33. The zero-order valence-electron chi connectivity index (χ0n) is 11.7. The van der Waals surface area contributed by atoms with Gasteiger partial charge in [0, 0.05) is 0 Å². The van der Waals surface area contributed by atoms with Crippen LogP contribution in [0.25, 0.3) is 5.69 Å². The van der Waals surface area contributed by atoms with Crippen LogP contribution in [-0.2, 0) is 12.4 Å². The second-order valence-electron chi connectivity index (χ2n) is 5.13. The SMILES string of the molecule is CC(C)[n+]1ccn(-c2cc(C(F)(F)F)cc(C(F)(F)F)c2)c1. The number of aromatic nitrogens is 2. The van der Waals surface area contributed by atoms with E-state index in [1.54, 1.807) is 10.8 Å². The number of rotatable bonds is 2. The van der Waals surface area contributed by atoms with Crippen molar-refractivity contribution in [2.24, 2.45) is 0 Å². The average molecular weight is 323 g/mol. The van der Waals surface area contributed by atoms with E-state index >= 15 is 0 Å². The summed E-state index contributed by atoms with van der Waals surface area (Å²) in [5.41, 5.74) is -2.86. The van der Waals surface area contributed by atoms with Gasteiger partial charge in [0.15, 0.2) is 0 Å². The van der Waals surface area contributed by atoms with E-state index in [2.05, 4.69) is 0 Å². The fourth-order valence-corrected chi connectivity index (χ4v) is 1.92. The van der Waals surface area contributed by atoms with Gasteiger partial charge in [0.1, 0.15) is 18.1 Å². The molecule has 1 aromatic heterocycles. The van der Waals surface area contributed by atoms with Crippen molar-refractivity contribution in [2.45, 2.75) is 32.2 Å². The maximum Gasteiger partial charge on any atom is 0.416 e. The van der Waals surface area contributed by atoms with Crippen molar-refractivity contribution >= 4 is 0 Å². The second kappa shape index (κ2) is 5.33. The van der Waals surface area contributed by atoms with E-state index in [4.69, 9.17) is 0 Å². The number of halogens is 6. The van der Waals surface area contributed by atoms with Gasteiger partial charge in [0.05, 0.1) is 17.2 Å². The smallest absolute Gasteiger partial charge is 0.234 e. The molecule has 0 unspecified atom stereocenters. The normalized spacial score (nSPS) is 13.0. The van der Waals surface area contributed by atoms with Gasteiger partial charge in [-0.15, -0.1) is 0 Å². The molecule has 2 rings (SSSR count). The lowest BCUT2D eigenvalue weighted by Gasteiger charge is -2.12. The summed E-state index contributed by atoms with van der Waals surface area (Å²) in [6, 6.07) is 1.54. The van der Waals surface area contributed by atoms with Crippen molar-refractivity contribution < 1.29 is 30.9 Å². The van der Waals surface area contributed by atoms with Gasteiger partial charge in [-0.05, 0) is 32.0 Å². The first-order valence-corrected chi connectivity index (χ1v) is 6.37. The minimum absolute atomic E-state index is 0.0362. The van der Waals surface area contributed by atoms with Gasteiger partial charge in [-0.25, -0.2) is 9.13 Å². The number of alkyl halides is 6. The fourth-order valence-electron chi connectivity index (χ4n) is 1.92. The predicted molar refractivity (Wildman–Crippen MR) is 66.4 cm³/mol. The van der Waals surface area contributed by atoms with E-state index in [9.17, 15) is 26.3 Å². The predicted octanol–water partition coefficient (Wildman–Crippen LogP) is 4.38. The van der Waals surface area contributed by atoms with Crippen LogP contribution in [0.2, 0.25) is 0 Å². The van der Waals surface area contributed by atoms with Gasteiger partial charge in [0.25, 0.3) is 0 Å². The highest BCUT2D eigenvalue weighted by Crippen LogP contribution is 2.37. The Morgan fingerprint density at radius 2 is 1.41 bits per heavy atom. The van der Waals surface area contributed by atoms with Gasteiger partial charge in [-0.2, -0.15) is 26.3 Å². The molecule has 0 aliphatic heterocycles. The molecule has 2 nitrogen and oxygen atoms in total. The summed E-state index contributed by atoms with van der Waals surface area (Å²) in [6.45, 7) is 3.69. The monoisotopic (exact) mass is 323 g/mol. The molecule has 0 fully saturated rings. The quantitative estimate of drug-likeness (QED) is 0.573. The highest BCUT2D eigenvalue weighted by atomic mass is 19.4. The Bertz CT molecular complexity index is 634. The molecular weight excluding hydrogens is 310 g/mol. The van der Waals surface area contributed by atoms with Crippen molar-refractivity contribution in [1.82, 2.24) is 4.57 Å². The molecule has 120 valence electrons. The Balaban J connectivity index is 2.59. The molecule has 2 aromatic rings. The molecule has 0 spiro atoms. The van der Waals surface area contributed by atoms with Crippen LogP contribution in [0.15, 0.2) is 36.9 Å². The van der Waals surface area contributed by atoms with Crippen molar-refractivity contribution in [1.29, 1.82) is 0 Å². The Morgan fingerprint density at radius 3 is 1.77 bits per heavy atom. The summed E-state index contributed by atoms with van der Waals surface area (Å²) < 4.78 is 79.7. The van der Waals surface area contributed by atoms with E-state index in [1.807, 2.05) is 13.8 Å². The second-order valence-corrected chi connectivity index (χ2v) is 5.13. The number of nitrogens with zero attached hydrogens (tertiary/aromatic N) is 2. The molecule has 0 atom stereocenters. The fraction of sp³-hybridized carbons (Fsp3) is 0.357. The van der Waals surface area contributed by atoms with Gasteiger partial charge in [0.2, 0.25) is 6.33 Å². The molecule has 0 saturated heterocycles. The van der Waals surface area contributed by atoms with Crippen LogP contribution in [0.4, 0.5) is 26.3 Å². The van der Waals surface area contributed by atoms with E-state index in [1.165, 1.54) is 17.1 Å². The molecular formula is C14H13F6N2+. The molecule has 0 aliphatic rings. The number of hydrogen-bond acceptors (Lipinski definition) is 0. The third-order valence-electron chi connectivity index (χ3n) is 3.12. The summed E-state index contributed by atoms with van der Waals surface area (Å²) in [5.74, 6) is 0. The number of imidazole rings is 1. The lowest BCUT2D eigenvalue weighted by atomic mass is 10.1. The first kappa shape index (κ1) is 16.4. The molecule has 0 N–H and O–H groups in total. The Hall–Kier alpha value is -1.99. The van der Waals surface area contributed by atoms with E-state index < -0.39 is 23.5 Å². The third-order valence-corrected chi connectivity index (χ3v) is 3.12. The third kappa shape index (κ3) is 3.42. The Kier molecular flexibility index (Phi) is 3.97. The number of benzene rings is 1. The molecule has 0 bridgehead atoms. The van der Waals surface area contributed by atoms with E-state index in [0.29, 0.717) is 12.1 Å². The zero-order valence-corrected chi connectivity index (χ0v) is 11.7. The van der Waals surface area contributed by atoms with Crippen LogP contribution in [0.5, 0.6) is 0 Å². The molecule has 1 aromatic carbocycles. The van der Waals surface area contributed by atoms with Crippen LogP contribution >= 0.6 is 0 Å². The van der Waals surface area contributed by atoms with Crippen molar-refractivity contribution in [3.05, 3.63) is 48.0 Å². The van der Waals surface area contributed by atoms with E-state index in [0.717, 1.165) is 0 Å². The summed E-state index contributed by atoms with van der Waals surface area (Å²) in [6.07, 6.45) is -5.26. The highest BCUT2D eigenvalue weighted by molar-refractivity contribution is 5.42. The zero-order chi connectivity index (χ0) is 16.7. The summed E-state index contributed by atoms with van der Waals surface area (Å²) >= 11 is 0. The van der Waals surface area contributed by atoms with Crippen LogP contribution in [-0.4, -0.2) is 4.57 Å². The van der Waals surface area contributed by atoms with Gasteiger partial charge < -0.3 is 0 Å². The summed E-state index contributed by atoms with van der Waals surface area (Å²) in [4.78, 5) is 0. The lowest BCUT2D eigenvalue weighted by molar-refractivity contribution is -0.715. The van der Waals surface area contributed by atoms with Crippen LogP contribution in [0, 0.1) is 0 Å². The standard InChI is InChI=1S/C14H13F6N2/c1-9(2)21-3-4-22(8-21)12-6-10(13(15,16)17)5-11(7-12)14(18,19)20/h3-9H,1-2H3/q+1. The van der Waals surface area contributed by atoms with Gasteiger partial charge >= 0.3 is 12.4 Å². The first-order valence-electron chi connectivity index (χ1n) is 6.37. The Labute approximate surface area is 122 Å².